The fraction of sp³-hybridized carbons (Fsp3) is 0.286. The van der Waals surface area contributed by atoms with E-state index in [9.17, 15) is 0 Å². The molecule has 1 unspecified atom stereocenters. The van der Waals surface area contributed by atoms with Crippen LogP contribution in [0.1, 0.15) is 16.5 Å². The maximum atomic E-state index is 5.76. The van der Waals surface area contributed by atoms with Crippen LogP contribution >= 0.6 is 27.3 Å². The van der Waals surface area contributed by atoms with Crippen LogP contribution in [0.25, 0.3) is 0 Å². The molecular weight excluding hydrogens is 340 g/mol. The van der Waals surface area contributed by atoms with Gasteiger partial charge in [0.15, 0.2) is 11.5 Å². The van der Waals surface area contributed by atoms with Crippen LogP contribution in [0.15, 0.2) is 34.1 Å². The molecule has 0 saturated carbocycles. The molecule has 4 nitrogen and oxygen atoms in total. The minimum atomic E-state index is -0.0124. The summed E-state index contributed by atoms with van der Waals surface area (Å²) in [5.74, 6) is 7.34. The van der Waals surface area contributed by atoms with Crippen molar-refractivity contribution < 1.29 is 9.47 Å². The first kappa shape index (κ1) is 13.9. The molecule has 6 heteroatoms. The molecule has 106 valence electrons. The summed E-state index contributed by atoms with van der Waals surface area (Å²) in [7, 11) is 0. The van der Waals surface area contributed by atoms with Crippen LogP contribution < -0.4 is 20.7 Å². The van der Waals surface area contributed by atoms with Gasteiger partial charge in [0.25, 0.3) is 0 Å². The highest BCUT2D eigenvalue weighted by molar-refractivity contribution is 9.10. The third-order valence-electron chi connectivity index (χ3n) is 3.25. The van der Waals surface area contributed by atoms with Gasteiger partial charge in [-0.2, -0.15) is 0 Å². The Bertz CT molecular complexity index is 603. The summed E-state index contributed by atoms with van der Waals surface area (Å²) < 4.78 is 12.5. The van der Waals surface area contributed by atoms with E-state index in [1.54, 1.807) is 11.3 Å². The van der Waals surface area contributed by atoms with Crippen LogP contribution in [0.4, 0.5) is 0 Å². The van der Waals surface area contributed by atoms with Crippen molar-refractivity contribution in [3.63, 3.8) is 0 Å². The van der Waals surface area contributed by atoms with Crippen molar-refractivity contribution in [3.8, 4) is 11.5 Å². The number of rotatable bonds is 4. The Morgan fingerprint density at radius 3 is 2.90 bits per heavy atom. The number of hydrogen-bond acceptors (Lipinski definition) is 5. The number of nitrogens with two attached hydrogens (primary N) is 1. The molecule has 20 heavy (non-hydrogen) atoms. The van der Waals surface area contributed by atoms with Gasteiger partial charge in [-0.3, -0.25) is 11.3 Å². The SMILES string of the molecule is NNC(Cc1sccc1Br)c1cccc2c1OCCO2. The highest BCUT2D eigenvalue weighted by atomic mass is 79.9. The molecule has 3 rings (SSSR count). The highest BCUT2D eigenvalue weighted by Gasteiger charge is 2.22. The lowest BCUT2D eigenvalue weighted by Crippen LogP contribution is -2.30. The van der Waals surface area contributed by atoms with E-state index in [-0.39, 0.29) is 6.04 Å². The predicted molar refractivity (Wildman–Crippen MR) is 83.2 cm³/mol. The molecule has 1 atom stereocenters. The maximum absolute atomic E-state index is 5.76. The zero-order chi connectivity index (χ0) is 13.9. The lowest BCUT2D eigenvalue weighted by molar-refractivity contribution is 0.168. The van der Waals surface area contributed by atoms with Gasteiger partial charge in [-0.25, -0.2) is 0 Å². The molecule has 0 saturated heterocycles. The van der Waals surface area contributed by atoms with E-state index in [4.69, 9.17) is 15.3 Å². The average molecular weight is 355 g/mol. The van der Waals surface area contributed by atoms with Gasteiger partial charge in [0.2, 0.25) is 0 Å². The van der Waals surface area contributed by atoms with Crippen LogP contribution in [0.5, 0.6) is 11.5 Å². The Morgan fingerprint density at radius 1 is 1.30 bits per heavy atom. The number of hydrazine groups is 1. The van der Waals surface area contributed by atoms with Crippen molar-refractivity contribution in [2.45, 2.75) is 12.5 Å². The maximum Gasteiger partial charge on any atom is 0.166 e. The van der Waals surface area contributed by atoms with E-state index in [1.807, 2.05) is 24.3 Å². The largest absolute Gasteiger partial charge is 0.486 e. The first-order valence-electron chi connectivity index (χ1n) is 6.36. The first-order chi connectivity index (χ1) is 9.79. The van der Waals surface area contributed by atoms with Crippen molar-refractivity contribution in [2.24, 2.45) is 5.84 Å². The van der Waals surface area contributed by atoms with Crippen LogP contribution in [-0.4, -0.2) is 13.2 Å². The minimum absolute atomic E-state index is 0.0124. The molecule has 0 radical (unpaired) electrons. The number of hydrogen-bond donors (Lipinski definition) is 2. The summed E-state index contributed by atoms with van der Waals surface area (Å²) in [6.07, 6.45) is 0.800. The summed E-state index contributed by atoms with van der Waals surface area (Å²) in [6, 6.07) is 7.96. The molecule has 0 amide bonds. The number of halogens is 1. The number of fused-ring (bicyclic) bond motifs is 1. The smallest absolute Gasteiger partial charge is 0.166 e. The second kappa shape index (κ2) is 6.13. The number of ether oxygens (including phenoxy) is 2. The topological polar surface area (TPSA) is 56.5 Å². The number of thiophene rings is 1. The standard InChI is InChI=1S/C14H15BrN2O2S/c15-10-4-7-20-13(10)8-11(17-16)9-2-1-3-12-14(9)19-6-5-18-12/h1-4,7,11,17H,5-6,8,16H2. The fourth-order valence-electron chi connectivity index (χ4n) is 2.29. The molecule has 0 aliphatic carbocycles. The number of para-hydroxylation sites is 1. The number of benzene rings is 1. The van der Waals surface area contributed by atoms with Crippen molar-refractivity contribution in [3.05, 3.63) is 44.6 Å². The molecule has 1 aliphatic rings. The summed E-state index contributed by atoms with van der Waals surface area (Å²) in [6.45, 7) is 1.16. The molecule has 2 heterocycles. The van der Waals surface area contributed by atoms with Crippen LogP contribution in [-0.2, 0) is 6.42 Å². The van der Waals surface area contributed by atoms with Gasteiger partial charge in [-0.05, 0) is 33.4 Å². The Morgan fingerprint density at radius 2 is 2.15 bits per heavy atom. The quantitative estimate of drug-likeness (QED) is 0.654. The van der Waals surface area contributed by atoms with Crippen LogP contribution in [0.2, 0.25) is 0 Å². The molecule has 1 aromatic carbocycles. The third-order valence-corrected chi connectivity index (χ3v) is 5.20. The first-order valence-corrected chi connectivity index (χ1v) is 8.03. The van der Waals surface area contributed by atoms with Gasteiger partial charge in [0, 0.05) is 21.3 Å². The Hall–Kier alpha value is -1.08. The van der Waals surface area contributed by atoms with Crippen molar-refractivity contribution in [2.75, 3.05) is 13.2 Å². The van der Waals surface area contributed by atoms with Crippen LogP contribution in [0, 0.1) is 0 Å². The summed E-state index contributed by atoms with van der Waals surface area (Å²) in [5.41, 5.74) is 3.92. The Balaban J connectivity index is 1.91. The van der Waals surface area contributed by atoms with Gasteiger partial charge in [0.05, 0.1) is 6.04 Å². The second-order valence-electron chi connectivity index (χ2n) is 4.49. The molecule has 3 N–H and O–H groups in total. The van der Waals surface area contributed by atoms with Crippen LogP contribution in [0.3, 0.4) is 0 Å². The van der Waals surface area contributed by atoms with Gasteiger partial charge >= 0.3 is 0 Å². The molecule has 0 bridgehead atoms. The molecule has 0 spiro atoms. The molecule has 1 aromatic heterocycles. The molecule has 2 aromatic rings. The fourth-order valence-corrected chi connectivity index (χ4v) is 3.85. The van der Waals surface area contributed by atoms with Gasteiger partial charge in [-0.15, -0.1) is 11.3 Å². The normalized spacial score (nSPS) is 15.1. The summed E-state index contributed by atoms with van der Waals surface area (Å²) in [5, 5.41) is 2.06. The van der Waals surface area contributed by atoms with Crippen molar-refractivity contribution >= 4 is 27.3 Å². The molecular formula is C14H15BrN2O2S. The van der Waals surface area contributed by atoms with E-state index < -0.39 is 0 Å². The van der Waals surface area contributed by atoms with Crippen molar-refractivity contribution in [1.29, 1.82) is 0 Å². The lowest BCUT2D eigenvalue weighted by atomic mass is 10.0. The summed E-state index contributed by atoms with van der Waals surface area (Å²) in [4.78, 5) is 1.25. The van der Waals surface area contributed by atoms with Crippen molar-refractivity contribution in [1.82, 2.24) is 5.43 Å². The van der Waals surface area contributed by atoms with E-state index >= 15 is 0 Å². The van der Waals surface area contributed by atoms with Gasteiger partial charge in [0.1, 0.15) is 13.2 Å². The third kappa shape index (κ3) is 2.69. The van der Waals surface area contributed by atoms with E-state index in [0.29, 0.717) is 13.2 Å². The average Bonchev–Trinajstić information content (AvgIpc) is 2.89. The number of nitrogens with one attached hydrogen (secondary N) is 1. The van der Waals surface area contributed by atoms with E-state index in [2.05, 4.69) is 26.7 Å². The highest BCUT2D eigenvalue weighted by Crippen LogP contribution is 2.38. The van der Waals surface area contributed by atoms with E-state index in [0.717, 1.165) is 28.0 Å². The Kier molecular flexibility index (Phi) is 4.26. The Labute approximate surface area is 130 Å². The van der Waals surface area contributed by atoms with E-state index in [1.165, 1.54) is 4.88 Å². The minimum Gasteiger partial charge on any atom is -0.486 e. The zero-order valence-electron chi connectivity index (χ0n) is 10.8. The monoisotopic (exact) mass is 354 g/mol. The summed E-state index contributed by atoms with van der Waals surface area (Å²) >= 11 is 5.27. The second-order valence-corrected chi connectivity index (χ2v) is 6.34. The lowest BCUT2D eigenvalue weighted by Gasteiger charge is -2.24. The predicted octanol–water partition coefficient (Wildman–Crippen LogP) is 3.03. The van der Waals surface area contributed by atoms with Gasteiger partial charge in [-0.1, -0.05) is 12.1 Å². The molecule has 0 fully saturated rings. The molecule has 1 aliphatic heterocycles. The van der Waals surface area contributed by atoms with Gasteiger partial charge < -0.3 is 9.47 Å². The zero-order valence-corrected chi connectivity index (χ0v) is 13.2.